The zero-order valence-corrected chi connectivity index (χ0v) is 72.1. The van der Waals surface area contributed by atoms with E-state index in [-0.39, 0.29) is 142 Å². The van der Waals surface area contributed by atoms with E-state index in [2.05, 4.69) is 10.3 Å². The maximum Gasteiger partial charge on any atom is 0.307 e. The van der Waals surface area contributed by atoms with Crippen molar-refractivity contribution < 1.29 is 125 Å². The van der Waals surface area contributed by atoms with Gasteiger partial charge >= 0.3 is 35.8 Å². The van der Waals surface area contributed by atoms with Crippen LogP contribution in [0.4, 0.5) is 26.3 Å². The lowest BCUT2D eigenvalue weighted by Gasteiger charge is -2.17. The summed E-state index contributed by atoms with van der Waals surface area (Å²) in [5, 5.41) is 77.9. The zero-order valence-electron chi connectivity index (χ0n) is 72.1. The number of nitrogens with two attached hydrogens (primary N) is 5. The second kappa shape index (κ2) is 55.2. The maximum absolute atomic E-state index is 13.3. The van der Waals surface area contributed by atoms with Crippen LogP contribution in [-0.4, -0.2) is 166 Å². The largest absolute Gasteiger partial charge is 0.508 e. The van der Waals surface area contributed by atoms with Gasteiger partial charge in [0, 0.05) is 55.6 Å². The number of hydrogen-bond acceptors (Lipinski definition) is 20. The number of carboxylic acids is 6. The van der Waals surface area contributed by atoms with E-state index in [0.717, 1.165) is 41.4 Å². The van der Waals surface area contributed by atoms with Gasteiger partial charge < -0.3 is 79.8 Å². The molecule has 1 aliphatic heterocycles. The summed E-state index contributed by atoms with van der Waals surface area (Å²) in [5.74, 6) is -15.7. The summed E-state index contributed by atoms with van der Waals surface area (Å²) in [5.41, 5.74) is 34.5. The predicted octanol–water partition coefficient (Wildman–Crippen LogP) is 11.3. The summed E-state index contributed by atoms with van der Waals surface area (Å²) in [6.45, 7) is 5.91. The molecule has 0 amide bonds. The van der Waals surface area contributed by atoms with Gasteiger partial charge in [0.2, 0.25) is 0 Å². The maximum atomic E-state index is 13.3. The predicted molar refractivity (Wildman–Crippen MR) is 472 cm³/mol. The molecule has 6 unspecified atom stereocenters. The van der Waals surface area contributed by atoms with Crippen LogP contribution >= 0.6 is 0 Å². The van der Waals surface area contributed by atoms with Crippen molar-refractivity contribution in [2.75, 3.05) is 13.1 Å². The number of H-pyrrole nitrogens is 1. The van der Waals surface area contributed by atoms with Crippen molar-refractivity contribution in [3.63, 3.8) is 0 Å². The van der Waals surface area contributed by atoms with Gasteiger partial charge in [0.25, 0.3) is 0 Å². The molecule has 20 N–H and O–H groups in total. The van der Waals surface area contributed by atoms with E-state index >= 15 is 0 Å². The fourth-order valence-corrected chi connectivity index (χ4v) is 13.9. The Labute approximate surface area is 747 Å². The Morgan fingerprint density at radius 1 is 0.385 bits per heavy atom. The van der Waals surface area contributed by atoms with Crippen molar-refractivity contribution in [3.05, 3.63) is 280 Å². The highest BCUT2D eigenvalue weighted by atomic mass is 19.1. The number of aromatic nitrogens is 1. The Kier molecular flexibility index (Phi) is 45.8. The highest BCUT2D eigenvalue weighted by Crippen LogP contribution is 2.26. The molecule has 0 radical (unpaired) electrons. The number of aliphatic hydroxyl groups is 1. The number of aromatic amines is 1. The number of ketones is 6. The number of nitrogens with one attached hydrogen (secondary N) is 2. The number of fused-ring (bicyclic) bond motifs is 1. The molecule has 1 aromatic heterocycles. The van der Waals surface area contributed by atoms with Crippen molar-refractivity contribution in [2.45, 2.75) is 166 Å². The number of benzene rings is 8. The van der Waals surface area contributed by atoms with Gasteiger partial charge in [-0.05, 0) is 226 Å². The molecule has 9 aromatic rings. The van der Waals surface area contributed by atoms with Gasteiger partial charge in [-0.15, -0.1) is 0 Å². The lowest BCUT2D eigenvalue weighted by Crippen LogP contribution is -2.41. The van der Waals surface area contributed by atoms with E-state index in [9.17, 15) is 115 Å². The second-order valence-corrected chi connectivity index (χ2v) is 32.3. The van der Waals surface area contributed by atoms with Crippen LogP contribution in [0.5, 0.6) is 5.75 Å². The van der Waals surface area contributed by atoms with Gasteiger partial charge in [-0.3, -0.25) is 57.5 Å². The van der Waals surface area contributed by atoms with Crippen LogP contribution in [0.3, 0.4) is 0 Å². The number of phenolic OH excluding ortho intramolecular Hbond substituents is 1. The van der Waals surface area contributed by atoms with E-state index in [0.29, 0.717) is 46.2 Å². The SMILES string of the molecule is CC(C)C[C@H](N)C(=O)CC(Cc1ccc(F)cc1)C(=O)O.C[C@H](O)[C@@H](N)C(=O)CC(Cc1cccc(F)c1)C(=O)O.NCC(=O)CC(Cc1cccc(F)c1)C(=O)O.N[C@@H](Cc1c[nH]c2ccccc12)C(=O)CC(Cc1cccc(F)c1)C(=O)O.N[C@@H](Cc1ccc(O)cc1)C(=O)CC(Cc1ccc(F)cc1)C(=O)O.O=C(O)C(CC(=O)[C@@H]1CCCN1)Cc1cccc(F)c1. The first kappa shape index (κ1) is 108. The van der Waals surface area contributed by atoms with Gasteiger partial charge in [-0.2, -0.15) is 0 Å². The average molecular weight is 1810 g/mol. The minimum atomic E-state index is -1.15. The van der Waals surface area contributed by atoms with Crippen molar-refractivity contribution in [1.82, 2.24) is 10.3 Å². The van der Waals surface area contributed by atoms with E-state index in [4.69, 9.17) is 38.9 Å². The van der Waals surface area contributed by atoms with Crippen LogP contribution in [0, 0.1) is 76.3 Å². The zero-order chi connectivity index (χ0) is 96.4. The quantitative estimate of drug-likeness (QED) is 0.0158. The molecule has 130 heavy (non-hydrogen) atoms. The topological polar surface area (TPSA) is 525 Å². The third-order valence-corrected chi connectivity index (χ3v) is 21.1. The molecule has 1 aliphatic rings. The number of aliphatic hydroxyl groups excluding tert-OH is 1. The molecule has 10 rings (SSSR count). The highest BCUT2D eigenvalue weighted by Gasteiger charge is 2.33. The number of rotatable bonds is 43. The van der Waals surface area contributed by atoms with E-state index in [1.54, 1.807) is 42.5 Å². The normalized spacial score (nSPS) is 14.6. The molecule has 0 aliphatic carbocycles. The number of aliphatic carboxylic acids is 6. The van der Waals surface area contributed by atoms with Gasteiger partial charge in [0.1, 0.15) is 52.2 Å². The average Bonchev–Trinajstić information content (AvgIpc) is 1.68. The second-order valence-electron chi connectivity index (χ2n) is 32.3. The summed E-state index contributed by atoms with van der Waals surface area (Å²) >= 11 is 0. The molecule has 2 heterocycles. The Balaban J connectivity index is 0.000000278. The first-order valence-electron chi connectivity index (χ1n) is 41.9. The Hall–Kier alpha value is -12.8. The molecule has 0 spiro atoms. The number of phenols is 1. The Bertz CT molecular complexity index is 5130. The number of hydrogen-bond donors (Lipinski definition) is 15. The molecule has 1 saturated heterocycles. The third-order valence-electron chi connectivity index (χ3n) is 21.1. The number of carbonyl (C=O) groups is 12. The molecular weight excluding hydrogens is 1700 g/mol. The van der Waals surface area contributed by atoms with E-state index in [1.165, 1.54) is 134 Å². The van der Waals surface area contributed by atoms with Crippen molar-refractivity contribution in [2.24, 2.45) is 70.1 Å². The number of carboxylic acid groups (broad SMARTS) is 6. The lowest BCUT2D eigenvalue weighted by molar-refractivity contribution is -0.144. The molecule has 12 atom stereocenters. The fourth-order valence-electron chi connectivity index (χ4n) is 13.9. The number of carbonyl (C=O) groups excluding carboxylic acids is 6. The standard InChI is InChI=1S/C21H21FN2O3.C19H20FNO4.C16H22FNO3.C15H18FNO3.C14H18FNO4.C12H14FNO3/c22-16-5-3-4-13(9-16)8-14(21(26)27)11-20(25)18(23)10-15-12-24-19-7-2-1-6-17(15)19;20-15-5-1-12(2-6-15)9-14(19(24)25)11-18(23)17(21)10-13-3-7-16(22)8-4-13;1-10(2)7-14(18)15(19)9-12(16(20)21)8-11-3-5-13(17)6-4-11;16-12-4-1-3-10(8-12)7-11(15(19)20)9-14(18)13-5-2-6-17-13;1-8(17)13(16)12(18)7-10(14(19)20)5-9-3-2-4-11(15)6-9;13-10-3-1-2-8(5-10)4-9(12(16)17)6-11(15)7-14/h1-7,9,12,14,18,24H,8,10-11,23H2,(H,26,27);1-8,14,17,22H,9-11,21H2,(H,24,25);3-6,10,12,14H,7-9,18H2,1-2H3,(H,20,21);1,3-4,8,11,13,17H,2,5-7,9H2,(H,19,20);2-4,6,8,10,13,17H,5,7,16H2,1H3,(H,19,20);1-3,5,9H,4,6-7,14H2,(H,16,17)/t14?,18-;14?,17-;12?,14-;11?,13-;8-,10?,13+;/m00000./s1. The van der Waals surface area contributed by atoms with Crippen LogP contribution in [0.15, 0.2) is 200 Å². The van der Waals surface area contributed by atoms with Crippen molar-refractivity contribution in [3.8, 4) is 5.75 Å². The van der Waals surface area contributed by atoms with E-state index in [1.807, 2.05) is 44.3 Å². The molecule has 27 nitrogen and oxygen atoms in total. The highest BCUT2D eigenvalue weighted by molar-refractivity contribution is 5.92. The molecule has 0 bridgehead atoms. The van der Waals surface area contributed by atoms with Crippen molar-refractivity contribution >= 4 is 81.4 Å². The summed E-state index contributed by atoms with van der Waals surface area (Å²) < 4.78 is 78.1. The van der Waals surface area contributed by atoms with Crippen LogP contribution < -0.4 is 34.0 Å². The Morgan fingerprint density at radius 3 is 1.08 bits per heavy atom. The molecule has 1 fully saturated rings. The summed E-state index contributed by atoms with van der Waals surface area (Å²) in [4.78, 5) is 142. The molecular formula is C97H113F6N7O20. The summed E-state index contributed by atoms with van der Waals surface area (Å²) in [6, 6.07) is 44.5. The lowest BCUT2D eigenvalue weighted by atomic mass is 9.90. The third kappa shape index (κ3) is 39.9. The first-order chi connectivity index (χ1) is 61.5. The smallest absolute Gasteiger partial charge is 0.307 e. The van der Waals surface area contributed by atoms with Gasteiger partial charge in [0.15, 0.2) is 23.1 Å². The number of aromatic hydroxyl groups is 1. The van der Waals surface area contributed by atoms with Gasteiger partial charge in [0.05, 0.1) is 78.4 Å². The van der Waals surface area contributed by atoms with Gasteiger partial charge in [-0.1, -0.05) is 117 Å². The summed E-state index contributed by atoms with van der Waals surface area (Å²) in [7, 11) is 0. The molecule has 8 aromatic carbocycles. The van der Waals surface area contributed by atoms with Crippen LogP contribution in [0.2, 0.25) is 0 Å². The molecule has 698 valence electrons. The Morgan fingerprint density at radius 2 is 0.723 bits per heavy atom. The van der Waals surface area contributed by atoms with Crippen molar-refractivity contribution in [1.29, 1.82) is 0 Å². The molecule has 0 saturated carbocycles. The summed E-state index contributed by atoms with van der Waals surface area (Å²) in [6.07, 6.45) is 3.47. The van der Waals surface area contributed by atoms with E-state index < -0.39 is 136 Å². The minimum Gasteiger partial charge on any atom is -0.508 e. The fraction of sp³-hybridized carbons (Fsp3) is 0.361. The number of para-hydroxylation sites is 1. The minimum absolute atomic E-state index is 0.0104. The monoisotopic (exact) mass is 1810 g/mol. The van der Waals surface area contributed by atoms with Gasteiger partial charge in [-0.25, -0.2) is 26.3 Å². The number of halogens is 6. The number of Topliss-reactive ketones (excluding diaryl/α,β-unsaturated/α-hetero) is 6. The molecule has 33 heteroatoms. The van der Waals surface area contributed by atoms with Crippen LogP contribution in [0.25, 0.3) is 10.9 Å². The van der Waals surface area contributed by atoms with Crippen LogP contribution in [0.1, 0.15) is 123 Å². The first-order valence-corrected chi connectivity index (χ1v) is 41.9. The van der Waals surface area contributed by atoms with Crippen LogP contribution in [-0.2, 0) is 109 Å².